The highest BCUT2D eigenvalue weighted by Crippen LogP contribution is 2.29. The van der Waals surface area contributed by atoms with Crippen molar-refractivity contribution in [1.82, 2.24) is 5.43 Å². The number of carbonyl (C=O) groups excluding carboxylic acids is 1. The lowest BCUT2D eigenvalue weighted by Crippen LogP contribution is -2.29. The van der Waals surface area contributed by atoms with Gasteiger partial charge in [0.25, 0.3) is 5.91 Å². The molecule has 5 nitrogen and oxygen atoms in total. The molecule has 0 aliphatic heterocycles. The van der Waals surface area contributed by atoms with Gasteiger partial charge in [-0.2, -0.15) is 0 Å². The van der Waals surface area contributed by atoms with Crippen molar-refractivity contribution < 1.29 is 18.7 Å². The van der Waals surface area contributed by atoms with Crippen LogP contribution < -0.4 is 20.7 Å². The number of nitrogens with one attached hydrogen (secondary N) is 1. The molecule has 0 aromatic heterocycles. The Morgan fingerprint density at radius 3 is 2.68 bits per heavy atom. The molecule has 0 heterocycles. The normalized spacial score (nSPS) is 10.1. The predicted molar refractivity (Wildman–Crippen MR) is 80.0 cm³/mol. The molecule has 0 fully saturated rings. The van der Waals surface area contributed by atoms with Crippen LogP contribution in [0.25, 0.3) is 0 Å². The summed E-state index contributed by atoms with van der Waals surface area (Å²) in [5.74, 6) is 5.27. The third-order valence-electron chi connectivity index (χ3n) is 2.92. The second-order valence-corrected chi connectivity index (χ2v) is 4.49. The quantitative estimate of drug-likeness (QED) is 0.488. The fourth-order valence-corrected chi connectivity index (χ4v) is 1.91. The third-order valence-corrected chi connectivity index (χ3v) is 2.92. The first kappa shape index (κ1) is 15.8. The highest BCUT2D eigenvalue weighted by atomic mass is 19.1. The molecule has 0 bridgehead atoms. The first-order chi connectivity index (χ1) is 10.6. The molecule has 0 aliphatic rings. The van der Waals surface area contributed by atoms with Crippen molar-refractivity contribution >= 4 is 5.91 Å². The van der Waals surface area contributed by atoms with E-state index in [1.807, 2.05) is 6.92 Å². The highest BCUT2D eigenvalue weighted by Gasteiger charge is 2.11. The molecule has 1 amide bonds. The Bertz CT molecular complexity index is 662. The zero-order chi connectivity index (χ0) is 15.9. The summed E-state index contributed by atoms with van der Waals surface area (Å²) in [6, 6.07) is 10.9. The average molecular weight is 304 g/mol. The van der Waals surface area contributed by atoms with E-state index in [0.29, 0.717) is 29.2 Å². The predicted octanol–water partition coefficient (Wildman–Crippen LogP) is 2.41. The summed E-state index contributed by atoms with van der Waals surface area (Å²) in [7, 11) is 0. The Labute approximate surface area is 127 Å². The Kier molecular flexibility index (Phi) is 5.32. The summed E-state index contributed by atoms with van der Waals surface area (Å²) < 4.78 is 24.2. The molecule has 6 heteroatoms. The molecule has 2 rings (SSSR count). The Balaban J connectivity index is 2.17. The number of hydrazine groups is 1. The smallest absolute Gasteiger partial charge is 0.265 e. The van der Waals surface area contributed by atoms with Crippen molar-refractivity contribution in [2.75, 3.05) is 6.61 Å². The maximum Gasteiger partial charge on any atom is 0.265 e. The van der Waals surface area contributed by atoms with Gasteiger partial charge in [0.15, 0.2) is 11.5 Å². The molecular formula is C16H17FN2O3. The van der Waals surface area contributed by atoms with E-state index < -0.39 is 5.91 Å². The van der Waals surface area contributed by atoms with E-state index in [9.17, 15) is 9.18 Å². The number of nitrogen functional groups attached to an aromatic ring is 1. The first-order valence-electron chi connectivity index (χ1n) is 6.79. The first-order valence-corrected chi connectivity index (χ1v) is 6.79. The molecule has 116 valence electrons. The molecule has 0 unspecified atom stereocenters. The number of hydrogen-bond acceptors (Lipinski definition) is 4. The zero-order valence-electron chi connectivity index (χ0n) is 12.1. The van der Waals surface area contributed by atoms with Gasteiger partial charge >= 0.3 is 0 Å². The standard InChI is InChI=1S/C16H17FN2O3/c1-2-21-15-9-12(16(20)19-18)6-7-14(15)22-10-11-4-3-5-13(17)8-11/h3-9H,2,10,18H2,1H3,(H,19,20). The van der Waals surface area contributed by atoms with Crippen molar-refractivity contribution in [2.24, 2.45) is 5.84 Å². The fourth-order valence-electron chi connectivity index (χ4n) is 1.91. The van der Waals surface area contributed by atoms with Gasteiger partial charge in [-0.15, -0.1) is 0 Å². The molecule has 22 heavy (non-hydrogen) atoms. The average Bonchev–Trinajstić information content (AvgIpc) is 2.53. The number of carbonyl (C=O) groups is 1. The Hall–Kier alpha value is -2.60. The van der Waals surface area contributed by atoms with Gasteiger partial charge in [0.1, 0.15) is 12.4 Å². The molecule has 3 N–H and O–H groups in total. The maximum atomic E-state index is 13.1. The van der Waals surface area contributed by atoms with Crippen LogP contribution in [0.2, 0.25) is 0 Å². The molecule has 2 aromatic carbocycles. The highest BCUT2D eigenvalue weighted by molar-refractivity contribution is 5.94. The monoisotopic (exact) mass is 304 g/mol. The summed E-state index contributed by atoms with van der Waals surface area (Å²) in [6.45, 7) is 2.44. The molecule has 0 atom stereocenters. The van der Waals surface area contributed by atoms with Gasteiger partial charge in [-0.05, 0) is 42.8 Å². The van der Waals surface area contributed by atoms with Gasteiger partial charge in [-0.3, -0.25) is 10.2 Å². The van der Waals surface area contributed by atoms with E-state index in [-0.39, 0.29) is 12.4 Å². The van der Waals surface area contributed by atoms with Crippen molar-refractivity contribution in [3.63, 3.8) is 0 Å². The van der Waals surface area contributed by atoms with E-state index in [4.69, 9.17) is 15.3 Å². The number of ether oxygens (including phenoxy) is 2. The molecule has 0 saturated carbocycles. The summed E-state index contributed by atoms with van der Waals surface area (Å²) >= 11 is 0. The van der Waals surface area contributed by atoms with Crippen LogP contribution in [0, 0.1) is 5.82 Å². The minimum Gasteiger partial charge on any atom is -0.490 e. The SMILES string of the molecule is CCOc1cc(C(=O)NN)ccc1OCc1cccc(F)c1. The number of hydrogen-bond donors (Lipinski definition) is 2. The zero-order valence-corrected chi connectivity index (χ0v) is 12.1. The van der Waals surface area contributed by atoms with E-state index in [2.05, 4.69) is 5.43 Å². The molecule has 0 aliphatic carbocycles. The fraction of sp³-hybridized carbons (Fsp3) is 0.188. The summed E-state index contributed by atoms with van der Waals surface area (Å²) in [5, 5.41) is 0. The molecular weight excluding hydrogens is 287 g/mol. The van der Waals surface area contributed by atoms with Crippen LogP contribution in [0.5, 0.6) is 11.5 Å². The van der Waals surface area contributed by atoms with Gasteiger partial charge in [0.05, 0.1) is 6.61 Å². The molecule has 0 saturated heterocycles. The molecule has 0 radical (unpaired) electrons. The van der Waals surface area contributed by atoms with Crippen LogP contribution in [0.15, 0.2) is 42.5 Å². The number of rotatable bonds is 6. The lowest BCUT2D eigenvalue weighted by molar-refractivity contribution is 0.0953. The molecule has 2 aromatic rings. The summed E-state index contributed by atoms with van der Waals surface area (Å²) in [4.78, 5) is 11.5. The van der Waals surface area contributed by atoms with Gasteiger partial charge < -0.3 is 9.47 Å². The Morgan fingerprint density at radius 2 is 2.00 bits per heavy atom. The van der Waals surface area contributed by atoms with Crippen molar-refractivity contribution in [2.45, 2.75) is 13.5 Å². The van der Waals surface area contributed by atoms with E-state index >= 15 is 0 Å². The number of halogens is 1. The van der Waals surface area contributed by atoms with Crippen molar-refractivity contribution in [1.29, 1.82) is 0 Å². The van der Waals surface area contributed by atoms with Crippen LogP contribution in [0.1, 0.15) is 22.8 Å². The topological polar surface area (TPSA) is 73.6 Å². The third kappa shape index (κ3) is 3.95. The van der Waals surface area contributed by atoms with Gasteiger partial charge in [-0.25, -0.2) is 10.2 Å². The van der Waals surface area contributed by atoms with E-state index in [1.165, 1.54) is 12.1 Å². The molecule has 0 spiro atoms. The van der Waals surface area contributed by atoms with E-state index in [1.54, 1.807) is 30.3 Å². The van der Waals surface area contributed by atoms with Gasteiger partial charge in [-0.1, -0.05) is 12.1 Å². The second kappa shape index (κ2) is 7.42. The second-order valence-electron chi connectivity index (χ2n) is 4.49. The van der Waals surface area contributed by atoms with Crippen molar-refractivity contribution in [3.8, 4) is 11.5 Å². The number of amides is 1. The minimum atomic E-state index is -0.419. The van der Waals surface area contributed by atoms with Crippen LogP contribution in [0.4, 0.5) is 4.39 Å². The largest absolute Gasteiger partial charge is 0.490 e. The Morgan fingerprint density at radius 1 is 1.18 bits per heavy atom. The van der Waals surface area contributed by atoms with Gasteiger partial charge in [0.2, 0.25) is 0 Å². The van der Waals surface area contributed by atoms with Crippen LogP contribution in [0.3, 0.4) is 0 Å². The summed E-state index contributed by atoms with van der Waals surface area (Å²) in [6.07, 6.45) is 0. The van der Waals surface area contributed by atoms with Crippen LogP contribution in [-0.4, -0.2) is 12.5 Å². The number of nitrogens with two attached hydrogens (primary N) is 1. The maximum absolute atomic E-state index is 13.1. The lowest BCUT2D eigenvalue weighted by atomic mass is 10.2. The minimum absolute atomic E-state index is 0.195. The van der Waals surface area contributed by atoms with Crippen LogP contribution in [-0.2, 0) is 6.61 Å². The van der Waals surface area contributed by atoms with Gasteiger partial charge in [0, 0.05) is 5.56 Å². The lowest BCUT2D eigenvalue weighted by Gasteiger charge is -2.13. The van der Waals surface area contributed by atoms with E-state index in [0.717, 1.165) is 0 Å². The number of benzene rings is 2. The summed E-state index contributed by atoms with van der Waals surface area (Å²) in [5.41, 5.74) is 3.12. The van der Waals surface area contributed by atoms with Crippen molar-refractivity contribution in [3.05, 3.63) is 59.4 Å². The van der Waals surface area contributed by atoms with Crippen LogP contribution >= 0.6 is 0 Å².